The van der Waals surface area contributed by atoms with Crippen LogP contribution in [0.4, 0.5) is 0 Å². The summed E-state index contributed by atoms with van der Waals surface area (Å²) in [6.45, 7) is 0. The van der Waals surface area contributed by atoms with E-state index < -0.39 is 12.2 Å². The third kappa shape index (κ3) is 3.46. The Hall–Kier alpha value is -2.60. The van der Waals surface area contributed by atoms with Crippen molar-refractivity contribution in [2.24, 2.45) is 0 Å². The molecular formula is C24H21BrO4. The Kier molecular flexibility index (Phi) is 5.46. The van der Waals surface area contributed by atoms with Crippen LogP contribution in [0.25, 0.3) is 21.5 Å². The minimum atomic E-state index is -1.04. The van der Waals surface area contributed by atoms with Gasteiger partial charge >= 0.3 is 0 Å². The largest absolute Gasteiger partial charge is 0.493 e. The van der Waals surface area contributed by atoms with Gasteiger partial charge in [-0.15, -0.1) is 0 Å². The average molecular weight is 453 g/mol. The van der Waals surface area contributed by atoms with E-state index >= 15 is 0 Å². The Morgan fingerprint density at radius 3 is 2.21 bits per heavy atom. The van der Waals surface area contributed by atoms with Crippen molar-refractivity contribution in [2.75, 3.05) is 14.2 Å². The molecule has 29 heavy (non-hydrogen) atoms. The zero-order valence-corrected chi connectivity index (χ0v) is 17.7. The Balaban J connectivity index is 1.78. The van der Waals surface area contributed by atoms with Gasteiger partial charge in [0.25, 0.3) is 0 Å². The first-order valence-corrected chi connectivity index (χ1v) is 10.0. The van der Waals surface area contributed by atoms with E-state index in [4.69, 9.17) is 9.47 Å². The van der Waals surface area contributed by atoms with Crippen molar-refractivity contribution in [2.45, 2.75) is 12.2 Å². The first-order chi connectivity index (χ1) is 14.0. The molecule has 0 aromatic heterocycles. The van der Waals surface area contributed by atoms with Crippen LogP contribution in [-0.2, 0) is 0 Å². The number of ether oxygens (including phenoxy) is 2. The lowest BCUT2D eigenvalue weighted by Gasteiger charge is -2.20. The van der Waals surface area contributed by atoms with Gasteiger partial charge in [-0.3, -0.25) is 0 Å². The van der Waals surface area contributed by atoms with Crippen LogP contribution >= 0.6 is 15.9 Å². The monoisotopic (exact) mass is 452 g/mol. The summed E-state index contributed by atoms with van der Waals surface area (Å²) in [6, 6.07) is 21.0. The van der Waals surface area contributed by atoms with E-state index in [0.717, 1.165) is 26.0 Å². The summed E-state index contributed by atoms with van der Waals surface area (Å²) in [5, 5.41) is 25.5. The summed E-state index contributed by atoms with van der Waals surface area (Å²) in [7, 11) is 3.25. The van der Waals surface area contributed by atoms with Crippen LogP contribution in [0.1, 0.15) is 23.3 Å². The molecule has 0 aliphatic rings. The molecule has 4 aromatic rings. The van der Waals surface area contributed by atoms with E-state index in [1.165, 1.54) is 0 Å². The highest BCUT2D eigenvalue weighted by Gasteiger charge is 2.22. The van der Waals surface area contributed by atoms with E-state index in [1.54, 1.807) is 20.3 Å². The molecule has 0 unspecified atom stereocenters. The molecule has 4 nitrogen and oxygen atoms in total. The van der Waals surface area contributed by atoms with Gasteiger partial charge in [0.1, 0.15) is 12.2 Å². The number of benzene rings is 4. The molecule has 0 aliphatic heterocycles. The number of hydrogen-bond acceptors (Lipinski definition) is 4. The van der Waals surface area contributed by atoms with Gasteiger partial charge in [0.05, 0.1) is 14.2 Å². The van der Waals surface area contributed by atoms with E-state index in [-0.39, 0.29) is 0 Å². The smallest absolute Gasteiger partial charge is 0.168 e. The number of aliphatic hydroxyl groups excluding tert-OH is 2. The van der Waals surface area contributed by atoms with E-state index in [1.807, 2.05) is 60.7 Å². The molecule has 4 rings (SSSR count). The third-order valence-corrected chi connectivity index (χ3v) is 5.97. The summed E-state index contributed by atoms with van der Waals surface area (Å²) in [5.74, 6) is 1.38. The van der Waals surface area contributed by atoms with Gasteiger partial charge in [-0.1, -0.05) is 52.3 Å². The number of fused-ring (bicyclic) bond motifs is 3. The molecule has 4 aromatic carbocycles. The lowest BCUT2D eigenvalue weighted by molar-refractivity contribution is 0.0169. The van der Waals surface area contributed by atoms with Gasteiger partial charge in [0, 0.05) is 9.86 Å². The van der Waals surface area contributed by atoms with Crippen molar-refractivity contribution >= 4 is 37.5 Å². The Labute approximate surface area is 177 Å². The molecule has 148 valence electrons. The summed E-state index contributed by atoms with van der Waals surface area (Å²) < 4.78 is 11.7. The first-order valence-electron chi connectivity index (χ1n) is 9.23. The van der Waals surface area contributed by atoms with E-state index in [2.05, 4.69) is 15.9 Å². The van der Waals surface area contributed by atoms with Gasteiger partial charge in [0.15, 0.2) is 11.5 Å². The maximum absolute atomic E-state index is 10.8. The summed E-state index contributed by atoms with van der Waals surface area (Å²) in [6.07, 6.45) is -2.08. The Bertz CT molecular complexity index is 1190. The third-order valence-electron chi connectivity index (χ3n) is 5.24. The highest BCUT2D eigenvalue weighted by Crippen LogP contribution is 2.40. The quantitative estimate of drug-likeness (QED) is 0.390. The molecule has 2 N–H and O–H groups in total. The Morgan fingerprint density at radius 1 is 0.759 bits per heavy atom. The highest BCUT2D eigenvalue weighted by atomic mass is 79.9. The van der Waals surface area contributed by atoms with Crippen LogP contribution < -0.4 is 9.47 Å². The Morgan fingerprint density at radius 2 is 1.48 bits per heavy atom. The molecule has 0 heterocycles. The summed E-state index contributed by atoms with van der Waals surface area (Å²) in [5.41, 5.74) is 1.30. The molecule has 0 aliphatic carbocycles. The normalized spacial score (nSPS) is 13.4. The topological polar surface area (TPSA) is 58.9 Å². The molecule has 0 fully saturated rings. The van der Waals surface area contributed by atoms with Crippen molar-refractivity contribution in [1.29, 1.82) is 0 Å². The number of methoxy groups -OCH3 is 2. The molecule has 0 spiro atoms. The predicted octanol–water partition coefficient (Wildman–Crippen LogP) is 5.54. The molecule has 2 atom stereocenters. The van der Waals surface area contributed by atoms with Gasteiger partial charge in [0.2, 0.25) is 0 Å². The second kappa shape index (κ2) is 8.03. The second-order valence-electron chi connectivity index (χ2n) is 6.85. The van der Waals surface area contributed by atoms with Crippen LogP contribution in [0.2, 0.25) is 0 Å². The molecular weight excluding hydrogens is 432 g/mol. The zero-order valence-electron chi connectivity index (χ0n) is 16.1. The number of aliphatic hydroxyl groups is 2. The highest BCUT2D eigenvalue weighted by molar-refractivity contribution is 9.10. The van der Waals surface area contributed by atoms with Gasteiger partial charge in [-0.25, -0.2) is 0 Å². The van der Waals surface area contributed by atoms with Crippen molar-refractivity contribution < 1.29 is 19.7 Å². The van der Waals surface area contributed by atoms with Crippen LogP contribution in [0.3, 0.4) is 0 Å². The maximum Gasteiger partial charge on any atom is 0.168 e. The van der Waals surface area contributed by atoms with Crippen LogP contribution in [0.5, 0.6) is 11.5 Å². The van der Waals surface area contributed by atoms with E-state index in [0.29, 0.717) is 22.6 Å². The number of hydrogen-bond donors (Lipinski definition) is 2. The van der Waals surface area contributed by atoms with Crippen LogP contribution in [0, 0.1) is 0 Å². The molecule has 0 saturated heterocycles. The van der Waals surface area contributed by atoms with Crippen molar-refractivity contribution in [3.63, 3.8) is 0 Å². The van der Waals surface area contributed by atoms with Crippen molar-refractivity contribution in [3.05, 3.63) is 82.3 Å². The fourth-order valence-corrected chi connectivity index (χ4v) is 4.26. The average Bonchev–Trinajstić information content (AvgIpc) is 2.76. The minimum absolute atomic E-state index is 0.649. The summed E-state index contributed by atoms with van der Waals surface area (Å²) in [4.78, 5) is 0. The molecule has 0 amide bonds. The lowest BCUT2D eigenvalue weighted by Crippen LogP contribution is -2.10. The van der Waals surface area contributed by atoms with Gasteiger partial charge in [-0.05, 0) is 57.6 Å². The van der Waals surface area contributed by atoms with Crippen LogP contribution in [0.15, 0.2) is 71.2 Å². The molecule has 0 radical (unpaired) electrons. The van der Waals surface area contributed by atoms with Gasteiger partial charge in [-0.2, -0.15) is 0 Å². The fourth-order valence-electron chi connectivity index (χ4n) is 3.74. The molecule has 0 bridgehead atoms. The summed E-state index contributed by atoms with van der Waals surface area (Å²) >= 11 is 3.44. The first kappa shape index (κ1) is 19.7. The minimum Gasteiger partial charge on any atom is -0.493 e. The van der Waals surface area contributed by atoms with Gasteiger partial charge < -0.3 is 19.7 Å². The van der Waals surface area contributed by atoms with Crippen LogP contribution in [-0.4, -0.2) is 24.4 Å². The van der Waals surface area contributed by atoms with Crippen molar-refractivity contribution in [3.8, 4) is 11.5 Å². The lowest BCUT2D eigenvalue weighted by atomic mass is 9.94. The van der Waals surface area contributed by atoms with Crippen molar-refractivity contribution in [1.82, 2.24) is 0 Å². The molecule has 5 heteroatoms. The number of rotatable bonds is 5. The zero-order chi connectivity index (χ0) is 20.5. The number of halogens is 1. The second-order valence-corrected chi connectivity index (χ2v) is 7.71. The maximum atomic E-state index is 10.8. The molecule has 0 saturated carbocycles. The van der Waals surface area contributed by atoms with E-state index in [9.17, 15) is 10.2 Å². The SMILES string of the molecule is COc1ccc2c(ccc3cc([C@@H](O)[C@H](O)c4ccccc4Br)ccc32)c1OC. The standard InChI is InChI=1S/C24H21BrO4/c1-28-21-12-11-17-16-9-8-15(13-14(16)7-10-18(17)24(21)29-2)22(26)23(27)19-5-3-4-6-20(19)25/h3-13,22-23,26-27H,1-2H3/t22-,23-/m1/s1. The fraction of sp³-hybridized carbons (Fsp3) is 0.167. The predicted molar refractivity (Wildman–Crippen MR) is 119 cm³/mol.